The van der Waals surface area contributed by atoms with Crippen molar-refractivity contribution in [3.63, 3.8) is 0 Å². The molecule has 0 fully saturated rings. The molecular weight excluding hydrogens is 362 g/mol. The van der Waals surface area contributed by atoms with Crippen LogP contribution in [0, 0.1) is 6.92 Å². The van der Waals surface area contributed by atoms with Gasteiger partial charge in [0, 0.05) is 25.2 Å². The molecule has 0 saturated carbocycles. The van der Waals surface area contributed by atoms with E-state index in [0.29, 0.717) is 5.71 Å². The second-order valence-corrected chi connectivity index (χ2v) is 7.08. The molecule has 0 aliphatic heterocycles. The molecule has 0 saturated heterocycles. The Labute approximate surface area is 170 Å². The fraction of sp³-hybridized carbons (Fsp3) is 0.261. The predicted molar refractivity (Wildman–Crippen MR) is 116 cm³/mol. The molecule has 148 valence electrons. The van der Waals surface area contributed by atoms with Crippen LogP contribution >= 0.6 is 0 Å². The predicted octanol–water partition coefficient (Wildman–Crippen LogP) is 4.53. The highest BCUT2D eigenvalue weighted by atomic mass is 16.5. The third kappa shape index (κ3) is 4.43. The van der Waals surface area contributed by atoms with Crippen molar-refractivity contribution >= 4 is 16.9 Å². The Kier molecular flexibility index (Phi) is 5.81. The molecule has 0 aliphatic carbocycles. The minimum Gasteiger partial charge on any atom is -0.368 e. The zero-order valence-electron chi connectivity index (χ0n) is 16.8. The van der Waals surface area contributed by atoms with E-state index in [0.717, 1.165) is 48.6 Å². The third-order valence-corrected chi connectivity index (χ3v) is 5.01. The van der Waals surface area contributed by atoms with Gasteiger partial charge in [-0.05, 0) is 19.0 Å². The van der Waals surface area contributed by atoms with Crippen LogP contribution in [0.1, 0.15) is 18.1 Å². The van der Waals surface area contributed by atoms with Crippen molar-refractivity contribution in [1.29, 1.82) is 0 Å². The summed E-state index contributed by atoms with van der Waals surface area (Å²) in [6.07, 6.45) is 1.51. The summed E-state index contributed by atoms with van der Waals surface area (Å²) in [5, 5.41) is 8.52. The van der Waals surface area contributed by atoms with Gasteiger partial charge in [0.1, 0.15) is 23.2 Å². The second-order valence-electron chi connectivity index (χ2n) is 7.08. The molecule has 0 radical (unpaired) electrons. The Morgan fingerprint density at radius 3 is 2.55 bits per heavy atom. The number of hydrogen-bond donors (Lipinski definition) is 1. The maximum absolute atomic E-state index is 5.45. The van der Waals surface area contributed by atoms with Gasteiger partial charge in [-0.25, -0.2) is 4.98 Å². The van der Waals surface area contributed by atoms with Crippen LogP contribution in [0.3, 0.4) is 0 Å². The first-order valence-electron chi connectivity index (χ1n) is 9.92. The Morgan fingerprint density at radius 2 is 1.79 bits per heavy atom. The minimum absolute atomic E-state index is 0.495. The van der Waals surface area contributed by atoms with Crippen molar-refractivity contribution in [1.82, 2.24) is 20.0 Å². The van der Waals surface area contributed by atoms with Crippen LogP contribution in [0.15, 0.2) is 65.4 Å². The molecule has 2 aromatic heterocycles. The van der Waals surface area contributed by atoms with Crippen molar-refractivity contribution in [3.05, 3.63) is 72.1 Å². The maximum Gasteiger partial charge on any atom is 0.263 e. The van der Waals surface area contributed by atoms with Crippen molar-refractivity contribution in [2.24, 2.45) is 0 Å². The van der Waals surface area contributed by atoms with E-state index in [-0.39, 0.29) is 0 Å². The number of fused-ring (bicyclic) bond motifs is 1. The van der Waals surface area contributed by atoms with E-state index in [4.69, 9.17) is 4.52 Å². The lowest BCUT2D eigenvalue weighted by Crippen LogP contribution is -2.28. The van der Waals surface area contributed by atoms with Crippen molar-refractivity contribution in [2.75, 3.05) is 25.0 Å². The fourth-order valence-electron chi connectivity index (χ4n) is 3.35. The zero-order chi connectivity index (χ0) is 20.1. The zero-order valence-corrected chi connectivity index (χ0v) is 16.8. The Hall–Kier alpha value is -3.25. The number of nitrogens with zero attached hydrogens (tertiary/aromatic N) is 4. The Morgan fingerprint density at radius 1 is 1.00 bits per heavy atom. The van der Waals surface area contributed by atoms with E-state index >= 15 is 0 Å². The molecule has 0 aliphatic rings. The molecule has 6 heteroatoms. The maximum atomic E-state index is 5.45. The van der Waals surface area contributed by atoms with Crippen LogP contribution in [-0.2, 0) is 6.54 Å². The first-order chi connectivity index (χ1) is 14.2. The summed E-state index contributed by atoms with van der Waals surface area (Å²) in [6, 6.07) is 18.8. The lowest BCUT2D eigenvalue weighted by molar-refractivity contribution is 0.291. The number of likely N-dealkylation sites (N-methyl/N-ethyl adjacent to an activating group) is 1. The number of hydrogen-bond acceptors (Lipinski definition) is 6. The molecule has 0 spiro atoms. The second kappa shape index (κ2) is 8.84. The van der Waals surface area contributed by atoms with Gasteiger partial charge in [0.2, 0.25) is 0 Å². The monoisotopic (exact) mass is 387 g/mol. The van der Waals surface area contributed by atoms with Gasteiger partial charge in [0.15, 0.2) is 0 Å². The molecule has 4 rings (SSSR count). The van der Waals surface area contributed by atoms with Gasteiger partial charge < -0.3 is 9.84 Å². The van der Waals surface area contributed by atoms with Gasteiger partial charge in [-0.2, -0.15) is 4.98 Å². The number of anilines is 1. The van der Waals surface area contributed by atoms with Gasteiger partial charge >= 0.3 is 0 Å². The molecule has 0 unspecified atom stereocenters. The van der Waals surface area contributed by atoms with Gasteiger partial charge in [-0.1, -0.05) is 72.2 Å². The Bertz CT molecular complexity index is 1060. The molecule has 4 aromatic rings. The molecule has 2 aromatic carbocycles. The molecule has 0 bridgehead atoms. The quantitative estimate of drug-likeness (QED) is 0.479. The third-order valence-electron chi connectivity index (χ3n) is 5.01. The van der Waals surface area contributed by atoms with Crippen LogP contribution in [0.25, 0.3) is 22.4 Å². The highest BCUT2D eigenvalue weighted by Crippen LogP contribution is 2.31. The number of benzene rings is 2. The number of rotatable bonds is 8. The van der Waals surface area contributed by atoms with Gasteiger partial charge in [-0.15, -0.1) is 0 Å². The molecule has 2 heterocycles. The molecule has 1 N–H and O–H groups in total. The van der Waals surface area contributed by atoms with E-state index in [2.05, 4.69) is 75.6 Å². The van der Waals surface area contributed by atoms with Crippen LogP contribution in [0.5, 0.6) is 0 Å². The minimum atomic E-state index is 0.495. The normalized spacial score (nSPS) is 11.3. The highest BCUT2D eigenvalue weighted by molar-refractivity contribution is 5.97. The summed E-state index contributed by atoms with van der Waals surface area (Å²) in [7, 11) is 0. The van der Waals surface area contributed by atoms with Gasteiger partial charge in [-0.3, -0.25) is 4.90 Å². The summed E-state index contributed by atoms with van der Waals surface area (Å²) >= 11 is 0. The Balaban J connectivity index is 1.49. The average molecular weight is 387 g/mol. The molecular formula is C23H25N5O. The van der Waals surface area contributed by atoms with E-state index in [1.54, 1.807) is 0 Å². The lowest BCUT2D eigenvalue weighted by Gasteiger charge is -2.20. The SMILES string of the molecule is CCN(CCNc1ncnc2onc(-c3ccc(C)cc3)c12)Cc1ccccc1. The molecule has 0 atom stereocenters. The summed E-state index contributed by atoms with van der Waals surface area (Å²) in [4.78, 5) is 11.1. The largest absolute Gasteiger partial charge is 0.368 e. The topological polar surface area (TPSA) is 67.1 Å². The van der Waals surface area contributed by atoms with E-state index in [9.17, 15) is 0 Å². The standard InChI is InChI=1S/C23H25N5O/c1-3-28(15-18-7-5-4-6-8-18)14-13-24-22-20-21(19-11-9-17(2)10-12-19)27-29-23(20)26-16-25-22/h4-12,16H,3,13-15H2,1-2H3,(H,24,25,26). The molecule has 0 amide bonds. The van der Waals surface area contributed by atoms with Crippen molar-refractivity contribution in [2.45, 2.75) is 20.4 Å². The smallest absolute Gasteiger partial charge is 0.263 e. The van der Waals surface area contributed by atoms with E-state index in [1.165, 1.54) is 17.5 Å². The summed E-state index contributed by atoms with van der Waals surface area (Å²) in [5.74, 6) is 0.752. The molecule has 6 nitrogen and oxygen atoms in total. The van der Waals surface area contributed by atoms with E-state index in [1.807, 2.05) is 18.2 Å². The highest BCUT2D eigenvalue weighted by Gasteiger charge is 2.16. The van der Waals surface area contributed by atoms with Crippen LogP contribution < -0.4 is 5.32 Å². The molecule has 29 heavy (non-hydrogen) atoms. The van der Waals surface area contributed by atoms with Crippen molar-refractivity contribution in [3.8, 4) is 11.3 Å². The van der Waals surface area contributed by atoms with Gasteiger partial charge in [0.05, 0.1) is 0 Å². The van der Waals surface area contributed by atoms with Gasteiger partial charge in [0.25, 0.3) is 5.71 Å². The van der Waals surface area contributed by atoms with Crippen LogP contribution in [-0.4, -0.2) is 39.7 Å². The number of aryl methyl sites for hydroxylation is 1. The summed E-state index contributed by atoms with van der Waals surface area (Å²) < 4.78 is 5.45. The number of nitrogens with one attached hydrogen (secondary N) is 1. The summed E-state index contributed by atoms with van der Waals surface area (Å²) in [6.45, 7) is 7.84. The lowest BCUT2D eigenvalue weighted by atomic mass is 10.1. The fourth-order valence-corrected chi connectivity index (χ4v) is 3.35. The van der Waals surface area contributed by atoms with Crippen LogP contribution in [0.2, 0.25) is 0 Å². The summed E-state index contributed by atoms with van der Waals surface area (Å²) in [5.41, 5.74) is 4.77. The van der Waals surface area contributed by atoms with Crippen molar-refractivity contribution < 1.29 is 4.52 Å². The average Bonchev–Trinajstić information content (AvgIpc) is 3.19. The first kappa shape index (κ1) is 19.1. The first-order valence-corrected chi connectivity index (χ1v) is 9.92. The van der Waals surface area contributed by atoms with Crippen LogP contribution in [0.4, 0.5) is 5.82 Å². The van der Waals surface area contributed by atoms with E-state index < -0.39 is 0 Å². The number of aromatic nitrogens is 3.